The van der Waals surface area contributed by atoms with Crippen LogP contribution in [0.2, 0.25) is 0 Å². The zero-order valence-electron chi connectivity index (χ0n) is 13.7. The number of hydrogen-bond donors (Lipinski definition) is 0. The average Bonchev–Trinajstić information content (AvgIpc) is 3.38. The molecule has 2 aromatic rings. The van der Waals surface area contributed by atoms with Crippen molar-refractivity contribution in [2.24, 2.45) is 7.05 Å². The molecule has 0 atom stereocenters. The molecular weight excluding hydrogens is 286 g/mol. The summed E-state index contributed by atoms with van der Waals surface area (Å²) in [4.78, 5) is 11.8. The Labute approximate surface area is 136 Å². The van der Waals surface area contributed by atoms with E-state index in [1.54, 1.807) is 0 Å². The highest BCUT2D eigenvalue weighted by molar-refractivity contribution is 5.34. The maximum absolute atomic E-state index is 9.17. The predicted molar refractivity (Wildman–Crippen MR) is 86.7 cm³/mol. The molecule has 1 fully saturated rings. The minimum Gasteiger partial charge on any atom is -0.340 e. The molecule has 0 saturated heterocycles. The fourth-order valence-corrected chi connectivity index (χ4v) is 3.33. The molecular formula is C18H21N5. The van der Waals surface area contributed by atoms with E-state index in [0.717, 1.165) is 37.6 Å². The van der Waals surface area contributed by atoms with Gasteiger partial charge < -0.3 is 4.57 Å². The van der Waals surface area contributed by atoms with Gasteiger partial charge in [0, 0.05) is 62.2 Å². The zero-order chi connectivity index (χ0) is 16.0. The number of nitrogens with zero attached hydrogens (tertiary/aromatic N) is 5. The van der Waals surface area contributed by atoms with Gasteiger partial charge in [-0.2, -0.15) is 5.26 Å². The van der Waals surface area contributed by atoms with Crippen molar-refractivity contribution in [3.8, 4) is 6.07 Å². The van der Waals surface area contributed by atoms with E-state index >= 15 is 0 Å². The van der Waals surface area contributed by atoms with Gasteiger partial charge in [-0.05, 0) is 31.4 Å². The Balaban J connectivity index is 1.51. The molecule has 23 heavy (non-hydrogen) atoms. The second kappa shape index (κ2) is 5.47. The third-order valence-electron chi connectivity index (χ3n) is 5.12. The molecule has 0 amide bonds. The van der Waals surface area contributed by atoms with Gasteiger partial charge in [0.05, 0.1) is 0 Å². The Morgan fingerprint density at radius 3 is 2.91 bits per heavy atom. The summed E-state index contributed by atoms with van der Waals surface area (Å²) in [5, 5.41) is 9.17. The summed E-state index contributed by atoms with van der Waals surface area (Å²) in [5.41, 5.74) is 5.64. The van der Waals surface area contributed by atoms with Crippen LogP contribution in [0.15, 0.2) is 12.3 Å². The Morgan fingerprint density at radius 1 is 1.39 bits per heavy atom. The number of fused-ring (bicyclic) bond motifs is 1. The first-order valence-electron chi connectivity index (χ1n) is 8.28. The second-order valence-corrected chi connectivity index (χ2v) is 6.75. The van der Waals surface area contributed by atoms with Crippen molar-refractivity contribution in [1.29, 1.82) is 5.26 Å². The van der Waals surface area contributed by atoms with Crippen LogP contribution >= 0.6 is 0 Å². The van der Waals surface area contributed by atoms with Gasteiger partial charge >= 0.3 is 0 Å². The summed E-state index contributed by atoms with van der Waals surface area (Å²) in [6.45, 7) is 4.88. The van der Waals surface area contributed by atoms with Gasteiger partial charge in [0.15, 0.2) is 0 Å². The fourth-order valence-electron chi connectivity index (χ4n) is 3.33. The summed E-state index contributed by atoms with van der Waals surface area (Å²) < 4.78 is 1.97. The summed E-state index contributed by atoms with van der Waals surface area (Å²) in [7, 11) is 1.95. The molecule has 5 heteroatoms. The van der Waals surface area contributed by atoms with E-state index < -0.39 is 0 Å². The SMILES string of the molecule is Cc1c(CN2CCc3nc(C4CC4)ncc3C2)cc(C#N)n1C. The van der Waals surface area contributed by atoms with Gasteiger partial charge in [0.2, 0.25) is 0 Å². The lowest BCUT2D eigenvalue weighted by Gasteiger charge is -2.28. The highest BCUT2D eigenvalue weighted by atomic mass is 15.1. The highest BCUT2D eigenvalue weighted by Gasteiger charge is 2.28. The van der Waals surface area contributed by atoms with Gasteiger partial charge in [-0.15, -0.1) is 0 Å². The smallest absolute Gasteiger partial charge is 0.131 e. The van der Waals surface area contributed by atoms with Gasteiger partial charge in [0.1, 0.15) is 17.6 Å². The van der Waals surface area contributed by atoms with Crippen LogP contribution in [-0.4, -0.2) is 26.0 Å². The Bertz CT molecular complexity index is 794. The van der Waals surface area contributed by atoms with Crippen molar-refractivity contribution in [3.63, 3.8) is 0 Å². The van der Waals surface area contributed by atoms with E-state index in [1.165, 1.54) is 35.4 Å². The maximum atomic E-state index is 9.17. The minimum atomic E-state index is 0.620. The van der Waals surface area contributed by atoms with Crippen LogP contribution in [0.3, 0.4) is 0 Å². The van der Waals surface area contributed by atoms with E-state index in [9.17, 15) is 0 Å². The monoisotopic (exact) mass is 307 g/mol. The van der Waals surface area contributed by atoms with E-state index in [1.807, 2.05) is 23.9 Å². The summed E-state index contributed by atoms with van der Waals surface area (Å²) >= 11 is 0. The summed E-state index contributed by atoms with van der Waals surface area (Å²) in [5.74, 6) is 1.67. The molecule has 0 N–H and O–H groups in total. The first-order valence-corrected chi connectivity index (χ1v) is 8.28. The van der Waals surface area contributed by atoms with Crippen LogP contribution in [0.1, 0.15) is 52.8 Å². The molecule has 0 aromatic carbocycles. The van der Waals surface area contributed by atoms with Crippen LogP contribution in [0, 0.1) is 18.3 Å². The van der Waals surface area contributed by atoms with Gasteiger partial charge in [-0.25, -0.2) is 9.97 Å². The maximum Gasteiger partial charge on any atom is 0.131 e. The first kappa shape index (κ1) is 14.4. The van der Waals surface area contributed by atoms with Crippen molar-refractivity contribution >= 4 is 0 Å². The third kappa shape index (κ3) is 2.64. The quantitative estimate of drug-likeness (QED) is 0.874. The molecule has 2 aromatic heterocycles. The van der Waals surface area contributed by atoms with E-state index in [4.69, 9.17) is 10.2 Å². The first-order chi connectivity index (χ1) is 11.2. The molecule has 4 rings (SSSR count). The van der Waals surface area contributed by atoms with Gasteiger partial charge in [0.25, 0.3) is 0 Å². The number of rotatable bonds is 3. The molecule has 2 aliphatic rings. The van der Waals surface area contributed by atoms with E-state index in [0.29, 0.717) is 5.92 Å². The molecule has 0 unspecified atom stereocenters. The van der Waals surface area contributed by atoms with Crippen LogP contribution in [-0.2, 0) is 26.6 Å². The topological polar surface area (TPSA) is 57.7 Å². The van der Waals surface area contributed by atoms with Crippen LogP contribution in [0.25, 0.3) is 0 Å². The van der Waals surface area contributed by atoms with Crippen LogP contribution < -0.4 is 0 Å². The molecule has 1 saturated carbocycles. The summed E-state index contributed by atoms with van der Waals surface area (Å²) in [6, 6.07) is 4.27. The van der Waals surface area contributed by atoms with Crippen molar-refractivity contribution in [2.45, 2.75) is 45.2 Å². The lowest BCUT2D eigenvalue weighted by Crippen LogP contribution is -2.31. The Hall–Kier alpha value is -2.19. The number of aromatic nitrogens is 3. The van der Waals surface area contributed by atoms with Crippen molar-refractivity contribution in [3.05, 3.63) is 46.3 Å². The third-order valence-corrected chi connectivity index (χ3v) is 5.12. The van der Waals surface area contributed by atoms with E-state index in [-0.39, 0.29) is 0 Å². The lowest BCUT2D eigenvalue weighted by molar-refractivity contribution is 0.242. The standard InChI is InChI=1S/C18H21N5/c1-12-14(7-16(8-19)22(12)2)10-23-6-5-17-15(11-23)9-20-18(21-17)13-3-4-13/h7,9,13H,3-6,10-11H2,1-2H3. The number of hydrogen-bond acceptors (Lipinski definition) is 4. The summed E-state index contributed by atoms with van der Waals surface area (Å²) in [6.07, 6.45) is 5.52. The molecule has 0 bridgehead atoms. The predicted octanol–water partition coefficient (Wildman–Crippen LogP) is 2.43. The van der Waals surface area contributed by atoms with Crippen molar-refractivity contribution in [2.75, 3.05) is 6.54 Å². The molecule has 0 spiro atoms. The Kier molecular flexibility index (Phi) is 3.42. The zero-order valence-corrected chi connectivity index (χ0v) is 13.7. The van der Waals surface area contributed by atoms with Crippen LogP contribution in [0.5, 0.6) is 0 Å². The molecule has 118 valence electrons. The van der Waals surface area contributed by atoms with Crippen molar-refractivity contribution in [1.82, 2.24) is 19.4 Å². The van der Waals surface area contributed by atoms with Gasteiger partial charge in [-0.1, -0.05) is 0 Å². The van der Waals surface area contributed by atoms with Crippen molar-refractivity contribution < 1.29 is 0 Å². The molecule has 0 radical (unpaired) electrons. The molecule has 1 aliphatic heterocycles. The number of nitriles is 1. The largest absolute Gasteiger partial charge is 0.340 e. The average molecular weight is 307 g/mol. The minimum absolute atomic E-state index is 0.620. The van der Waals surface area contributed by atoms with Gasteiger partial charge in [-0.3, -0.25) is 4.90 Å². The highest BCUT2D eigenvalue weighted by Crippen LogP contribution is 2.38. The second-order valence-electron chi connectivity index (χ2n) is 6.75. The molecule has 3 heterocycles. The molecule has 5 nitrogen and oxygen atoms in total. The molecule has 1 aliphatic carbocycles. The van der Waals surface area contributed by atoms with Crippen LogP contribution in [0.4, 0.5) is 0 Å². The normalized spacial score (nSPS) is 17.8. The Morgan fingerprint density at radius 2 is 2.22 bits per heavy atom. The fraction of sp³-hybridized carbons (Fsp3) is 0.500. The van der Waals surface area contributed by atoms with E-state index in [2.05, 4.69) is 22.9 Å². The lowest BCUT2D eigenvalue weighted by atomic mass is 10.1.